The molecule has 0 aliphatic carbocycles. The summed E-state index contributed by atoms with van der Waals surface area (Å²) in [6, 6.07) is 14.3. The fourth-order valence-electron chi connectivity index (χ4n) is 2.87. The van der Waals surface area contributed by atoms with Gasteiger partial charge in [-0.25, -0.2) is 0 Å². The van der Waals surface area contributed by atoms with E-state index < -0.39 is 0 Å². The Balaban J connectivity index is 1.94. The van der Waals surface area contributed by atoms with E-state index in [1.807, 2.05) is 18.2 Å². The predicted molar refractivity (Wildman–Crippen MR) is 108 cm³/mol. The lowest BCUT2D eigenvalue weighted by Crippen LogP contribution is -2.38. The van der Waals surface area contributed by atoms with Gasteiger partial charge in [-0.05, 0) is 28.7 Å². The number of aliphatic imine (C=N–C) groups is 1. The first kappa shape index (κ1) is 18.1. The van der Waals surface area contributed by atoms with Crippen molar-refractivity contribution in [3.05, 3.63) is 63.6 Å². The van der Waals surface area contributed by atoms with Gasteiger partial charge in [0, 0.05) is 6.54 Å². The monoisotopic (exact) mass is 375 g/mol. The molecular formula is C20H23Cl2N3. The molecule has 0 saturated carbocycles. The van der Waals surface area contributed by atoms with E-state index in [2.05, 4.69) is 60.2 Å². The van der Waals surface area contributed by atoms with Crippen LogP contribution in [0.15, 0.2) is 47.5 Å². The third kappa shape index (κ3) is 4.10. The second kappa shape index (κ2) is 7.27. The summed E-state index contributed by atoms with van der Waals surface area (Å²) in [4.78, 5) is 6.62. The van der Waals surface area contributed by atoms with Gasteiger partial charge in [-0.1, -0.05) is 74.3 Å². The number of nitrogens with zero attached hydrogens (tertiary/aromatic N) is 2. The Kier molecular flexibility index (Phi) is 5.26. The number of rotatable bonds is 3. The van der Waals surface area contributed by atoms with Crippen molar-refractivity contribution in [3.8, 4) is 0 Å². The first-order valence-electron chi connectivity index (χ1n) is 8.45. The van der Waals surface area contributed by atoms with Crippen LogP contribution in [0.5, 0.6) is 0 Å². The lowest BCUT2D eigenvalue weighted by atomic mass is 9.87. The number of nitrogens with one attached hydrogen (secondary N) is 1. The van der Waals surface area contributed by atoms with Crippen molar-refractivity contribution in [1.29, 1.82) is 0 Å². The van der Waals surface area contributed by atoms with Crippen molar-refractivity contribution >= 4 is 34.8 Å². The van der Waals surface area contributed by atoms with Gasteiger partial charge in [0.05, 0.1) is 28.8 Å². The summed E-state index contributed by atoms with van der Waals surface area (Å²) in [5, 5.41) is 4.57. The van der Waals surface area contributed by atoms with E-state index in [0.717, 1.165) is 24.7 Å². The highest BCUT2D eigenvalue weighted by Gasteiger charge is 2.22. The maximum absolute atomic E-state index is 6.45. The molecule has 2 aromatic rings. The summed E-state index contributed by atoms with van der Waals surface area (Å²) in [6.45, 7) is 8.90. The number of hydrogen-bond donors (Lipinski definition) is 1. The molecule has 132 valence electrons. The van der Waals surface area contributed by atoms with Crippen LogP contribution in [0.25, 0.3) is 0 Å². The summed E-state index contributed by atoms with van der Waals surface area (Å²) in [5.41, 5.74) is 3.43. The second-order valence-electron chi connectivity index (χ2n) is 7.24. The van der Waals surface area contributed by atoms with Crippen LogP contribution in [-0.2, 0) is 12.0 Å². The SMILES string of the molecule is CC(C)(C)c1ccc(CN(C2=NCCN2)c2c(Cl)cccc2Cl)cc1. The highest BCUT2D eigenvalue weighted by molar-refractivity contribution is 6.40. The van der Waals surface area contributed by atoms with E-state index in [9.17, 15) is 0 Å². The van der Waals surface area contributed by atoms with E-state index in [-0.39, 0.29) is 5.41 Å². The van der Waals surface area contributed by atoms with Gasteiger partial charge in [-0.15, -0.1) is 0 Å². The zero-order chi connectivity index (χ0) is 18.0. The average molecular weight is 376 g/mol. The molecule has 3 rings (SSSR count). The second-order valence-corrected chi connectivity index (χ2v) is 8.05. The molecule has 3 nitrogen and oxygen atoms in total. The van der Waals surface area contributed by atoms with E-state index in [1.165, 1.54) is 11.1 Å². The zero-order valence-corrected chi connectivity index (χ0v) is 16.3. The summed E-state index contributed by atoms with van der Waals surface area (Å²) < 4.78 is 0. The Morgan fingerprint density at radius 2 is 1.68 bits per heavy atom. The van der Waals surface area contributed by atoms with Crippen LogP contribution in [-0.4, -0.2) is 19.0 Å². The van der Waals surface area contributed by atoms with Gasteiger partial charge in [0.25, 0.3) is 0 Å². The Hall–Kier alpha value is -1.71. The van der Waals surface area contributed by atoms with Crippen molar-refractivity contribution in [3.63, 3.8) is 0 Å². The van der Waals surface area contributed by atoms with Crippen molar-refractivity contribution in [2.45, 2.75) is 32.7 Å². The maximum atomic E-state index is 6.45. The van der Waals surface area contributed by atoms with Crippen LogP contribution in [0.3, 0.4) is 0 Å². The summed E-state index contributed by atoms with van der Waals surface area (Å²) in [5.74, 6) is 0.815. The number of halogens is 2. The van der Waals surface area contributed by atoms with Gasteiger partial charge in [0.15, 0.2) is 5.96 Å². The molecule has 5 heteroatoms. The largest absolute Gasteiger partial charge is 0.354 e. The van der Waals surface area contributed by atoms with Gasteiger partial charge in [-0.3, -0.25) is 4.99 Å². The summed E-state index contributed by atoms with van der Waals surface area (Å²) in [6.07, 6.45) is 0. The third-order valence-electron chi connectivity index (χ3n) is 4.28. The van der Waals surface area contributed by atoms with Crippen molar-refractivity contribution in [1.82, 2.24) is 5.32 Å². The van der Waals surface area contributed by atoms with Crippen LogP contribution in [0, 0.1) is 0 Å². The van der Waals surface area contributed by atoms with Gasteiger partial charge >= 0.3 is 0 Å². The molecule has 0 unspecified atom stereocenters. The first-order chi connectivity index (χ1) is 11.9. The lowest BCUT2D eigenvalue weighted by Gasteiger charge is -2.27. The van der Waals surface area contributed by atoms with Gasteiger partial charge in [0.2, 0.25) is 0 Å². The Bertz CT molecular complexity index is 756. The normalized spacial score (nSPS) is 14.2. The predicted octanol–water partition coefficient (Wildman–Crippen LogP) is 5.26. The number of guanidine groups is 1. The molecule has 0 bridgehead atoms. The van der Waals surface area contributed by atoms with Crippen LogP contribution in [0.1, 0.15) is 31.9 Å². The Labute approximate surface area is 159 Å². The topological polar surface area (TPSA) is 27.6 Å². The van der Waals surface area contributed by atoms with Gasteiger partial charge in [0.1, 0.15) is 0 Å². The van der Waals surface area contributed by atoms with Crippen LogP contribution in [0.4, 0.5) is 5.69 Å². The third-order valence-corrected chi connectivity index (χ3v) is 4.89. The summed E-state index contributed by atoms with van der Waals surface area (Å²) in [7, 11) is 0. The molecule has 1 heterocycles. The van der Waals surface area contributed by atoms with Gasteiger partial charge < -0.3 is 10.2 Å². The van der Waals surface area contributed by atoms with E-state index in [1.54, 1.807) is 0 Å². The first-order valence-corrected chi connectivity index (χ1v) is 9.21. The number of para-hydroxylation sites is 1. The van der Waals surface area contributed by atoms with E-state index in [4.69, 9.17) is 23.2 Å². The minimum absolute atomic E-state index is 0.140. The molecule has 0 radical (unpaired) electrons. The smallest absolute Gasteiger partial charge is 0.199 e. The highest BCUT2D eigenvalue weighted by atomic mass is 35.5. The molecule has 0 spiro atoms. The molecule has 0 aromatic heterocycles. The highest BCUT2D eigenvalue weighted by Crippen LogP contribution is 2.35. The minimum atomic E-state index is 0.140. The Morgan fingerprint density at radius 3 is 2.20 bits per heavy atom. The Morgan fingerprint density at radius 1 is 1.04 bits per heavy atom. The van der Waals surface area contributed by atoms with Crippen molar-refractivity contribution in [2.24, 2.45) is 4.99 Å². The quantitative estimate of drug-likeness (QED) is 0.792. The number of anilines is 1. The van der Waals surface area contributed by atoms with Gasteiger partial charge in [-0.2, -0.15) is 0 Å². The standard InChI is InChI=1S/C20H23Cl2N3/c1-20(2,3)15-9-7-14(8-10-15)13-25(19-23-11-12-24-19)18-16(21)5-4-6-17(18)22/h4-10H,11-13H2,1-3H3,(H,23,24). The van der Waals surface area contributed by atoms with Crippen LogP contribution in [0.2, 0.25) is 10.0 Å². The number of benzene rings is 2. The molecule has 1 N–H and O–H groups in total. The van der Waals surface area contributed by atoms with E-state index in [0.29, 0.717) is 16.6 Å². The average Bonchev–Trinajstić information content (AvgIpc) is 3.07. The molecule has 0 atom stereocenters. The molecule has 0 amide bonds. The molecule has 1 aliphatic heterocycles. The molecule has 0 fully saturated rings. The minimum Gasteiger partial charge on any atom is -0.354 e. The molecule has 1 aliphatic rings. The maximum Gasteiger partial charge on any atom is 0.199 e. The van der Waals surface area contributed by atoms with Crippen LogP contribution < -0.4 is 10.2 Å². The van der Waals surface area contributed by atoms with Crippen molar-refractivity contribution < 1.29 is 0 Å². The molecular weight excluding hydrogens is 353 g/mol. The lowest BCUT2D eigenvalue weighted by molar-refractivity contribution is 0.590. The molecule has 25 heavy (non-hydrogen) atoms. The van der Waals surface area contributed by atoms with Crippen LogP contribution >= 0.6 is 23.2 Å². The fraction of sp³-hybridized carbons (Fsp3) is 0.350. The summed E-state index contributed by atoms with van der Waals surface area (Å²) >= 11 is 12.9. The zero-order valence-electron chi connectivity index (χ0n) is 14.8. The molecule has 2 aromatic carbocycles. The number of hydrogen-bond acceptors (Lipinski definition) is 3. The van der Waals surface area contributed by atoms with Crippen molar-refractivity contribution in [2.75, 3.05) is 18.0 Å². The fourth-order valence-corrected chi connectivity index (χ4v) is 3.47. The van der Waals surface area contributed by atoms with E-state index >= 15 is 0 Å². The molecule has 0 saturated heterocycles.